The number of carbonyl (C=O) groups excluding carboxylic acids is 1. The SMILES string of the molecule is Cc1ccc(OC(C)C(=O)Nc2nnc(SCc3ccc(F)cc3)s2)cc1C. The van der Waals surface area contributed by atoms with Gasteiger partial charge in [-0.2, -0.15) is 0 Å². The molecule has 8 heteroatoms. The van der Waals surface area contributed by atoms with Gasteiger partial charge in [-0.05, 0) is 61.7 Å². The first-order valence-electron chi connectivity index (χ1n) is 8.66. The first kappa shape index (κ1) is 20.3. The van der Waals surface area contributed by atoms with Crippen LogP contribution in [0.15, 0.2) is 46.8 Å². The molecule has 2 aromatic carbocycles. The highest BCUT2D eigenvalue weighted by atomic mass is 32.2. The quantitative estimate of drug-likeness (QED) is 0.433. The van der Waals surface area contributed by atoms with Gasteiger partial charge in [0, 0.05) is 5.75 Å². The van der Waals surface area contributed by atoms with Crippen LogP contribution < -0.4 is 10.1 Å². The lowest BCUT2D eigenvalue weighted by atomic mass is 10.1. The molecule has 1 amide bonds. The van der Waals surface area contributed by atoms with Crippen LogP contribution in [0.5, 0.6) is 5.75 Å². The van der Waals surface area contributed by atoms with Crippen molar-refractivity contribution in [2.45, 2.75) is 37.0 Å². The van der Waals surface area contributed by atoms with Crippen LogP contribution in [0.4, 0.5) is 9.52 Å². The number of ether oxygens (including phenoxy) is 1. The van der Waals surface area contributed by atoms with Gasteiger partial charge in [0.05, 0.1) is 0 Å². The van der Waals surface area contributed by atoms with Gasteiger partial charge in [0.25, 0.3) is 5.91 Å². The lowest BCUT2D eigenvalue weighted by Gasteiger charge is -2.14. The third kappa shape index (κ3) is 5.53. The van der Waals surface area contributed by atoms with E-state index < -0.39 is 6.10 Å². The second kappa shape index (κ2) is 9.16. The van der Waals surface area contributed by atoms with Crippen LogP contribution in [0.3, 0.4) is 0 Å². The number of aryl methyl sites for hydroxylation is 2. The molecule has 0 aliphatic carbocycles. The van der Waals surface area contributed by atoms with Crippen molar-refractivity contribution >= 4 is 34.1 Å². The first-order chi connectivity index (χ1) is 13.4. The standard InChI is InChI=1S/C20H20FN3O2S2/c1-12-4-9-17(10-13(12)2)26-14(3)18(25)22-19-23-24-20(28-19)27-11-15-5-7-16(21)8-6-15/h4-10,14H,11H2,1-3H3,(H,22,23,25). The molecule has 28 heavy (non-hydrogen) atoms. The molecular weight excluding hydrogens is 397 g/mol. The Morgan fingerprint density at radius 2 is 1.93 bits per heavy atom. The van der Waals surface area contributed by atoms with Crippen molar-refractivity contribution in [3.8, 4) is 5.75 Å². The molecule has 0 fully saturated rings. The molecule has 0 saturated carbocycles. The van der Waals surface area contributed by atoms with E-state index in [1.807, 2.05) is 32.0 Å². The van der Waals surface area contributed by atoms with Gasteiger partial charge in [0.1, 0.15) is 11.6 Å². The van der Waals surface area contributed by atoms with E-state index in [1.165, 1.54) is 40.8 Å². The second-order valence-electron chi connectivity index (χ2n) is 6.28. The summed E-state index contributed by atoms with van der Waals surface area (Å²) in [5.74, 6) is 0.754. The number of anilines is 1. The number of carbonyl (C=O) groups is 1. The summed E-state index contributed by atoms with van der Waals surface area (Å²) >= 11 is 2.77. The summed E-state index contributed by atoms with van der Waals surface area (Å²) in [6.45, 7) is 5.71. The van der Waals surface area contributed by atoms with Crippen molar-refractivity contribution in [3.05, 3.63) is 65.0 Å². The molecule has 1 atom stereocenters. The Balaban J connectivity index is 1.52. The van der Waals surface area contributed by atoms with E-state index in [0.29, 0.717) is 16.6 Å². The van der Waals surface area contributed by atoms with Crippen LogP contribution in [-0.2, 0) is 10.5 Å². The maximum absolute atomic E-state index is 12.9. The molecule has 3 rings (SSSR count). The molecule has 1 heterocycles. The van der Waals surface area contributed by atoms with Gasteiger partial charge >= 0.3 is 0 Å². The lowest BCUT2D eigenvalue weighted by molar-refractivity contribution is -0.122. The predicted octanol–water partition coefficient (Wildman–Crippen LogP) is 4.99. The van der Waals surface area contributed by atoms with Crippen molar-refractivity contribution in [3.63, 3.8) is 0 Å². The zero-order chi connectivity index (χ0) is 20.1. The average molecular weight is 418 g/mol. The first-order valence-corrected chi connectivity index (χ1v) is 10.5. The van der Waals surface area contributed by atoms with Crippen molar-refractivity contribution in [2.24, 2.45) is 0 Å². The Bertz CT molecular complexity index is 960. The fourth-order valence-electron chi connectivity index (χ4n) is 2.30. The number of amides is 1. The van der Waals surface area contributed by atoms with Gasteiger partial charge in [0.2, 0.25) is 5.13 Å². The Kier molecular flexibility index (Phi) is 6.64. The molecule has 0 spiro atoms. The molecule has 0 bridgehead atoms. The summed E-state index contributed by atoms with van der Waals surface area (Å²) in [5, 5.41) is 11.2. The zero-order valence-corrected chi connectivity index (χ0v) is 17.4. The van der Waals surface area contributed by atoms with Crippen LogP contribution in [0.25, 0.3) is 0 Å². The number of nitrogens with zero attached hydrogens (tertiary/aromatic N) is 2. The van der Waals surface area contributed by atoms with Crippen molar-refractivity contribution in [1.82, 2.24) is 10.2 Å². The predicted molar refractivity (Wildman–Crippen MR) is 111 cm³/mol. The number of hydrogen-bond donors (Lipinski definition) is 1. The van der Waals surface area contributed by atoms with Crippen LogP contribution >= 0.6 is 23.1 Å². The third-order valence-electron chi connectivity index (χ3n) is 4.07. The smallest absolute Gasteiger partial charge is 0.266 e. The normalized spacial score (nSPS) is 11.9. The van der Waals surface area contributed by atoms with Crippen molar-refractivity contribution in [2.75, 3.05) is 5.32 Å². The number of hydrogen-bond acceptors (Lipinski definition) is 6. The number of thioether (sulfide) groups is 1. The van der Waals surface area contributed by atoms with Gasteiger partial charge in [-0.15, -0.1) is 10.2 Å². The number of rotatable bonds is 7. The number of halogens is 1. The number of nitrogens with one attached hydrogen (secondary N) is 1. The fourth-order valence-corrected chi connectivity index (χ4v) is 4.01. The highest BCUT2D eigenvalue weighted by Crippen LogP contribution is 2.28. The average Bonchev–Trinajstić information content (AvgIpc) is 3.11. The van der Waals surface area contributed by atoms with Crippen LogP contribution in [0.1, 0.15) is 23.6 Å². The molecule has 1 N–H and O–H groups in total. The summed E-state index contributed by atoms with van der Waals surface area (Å²) in [6.07, 6.45) is -0.665. The molecular formula is C20H20FN3O2S2. The van der Waals surface area contributed by atoms with Gasteiger partial charge < -0.3 is 4.74 Å². The van der Waals surface area contributed by atoms with Gasteiger partial charge in [-0.25, -0.2) is 4.39 Å². The Labute approximate surface area is 171 Å². The lowest BCUT2D eigenvalue weighted by Crippen LogP contribution is -2.30. The maximum Gasteiger partial charge on any atom is 0.266 e. The van der Waals surface area contributed by atoms with Crippen LogP contribution in [0, 0.1) is 19.7 Å². The highest BCUT2D eigenvalue weighted by Gasteiger charge is 2.17. The van der Waals surface area contributed by atoms with E-state index in [0.717, 1.165) is 15.5 Å². The molecule has 0 radical (unpaired) electrons. The molecule has 1 unspecified atom stereocenters. The summed E-state index contributed by atoms with van der Waals surface area (Å²) in [7, 11) is 0. The molecule has 0 aliphatic rings. The minimum Gasteiger partial charge on any atom is -0.481 e. The molecule has 5 nitrogen and oxygen atoms in total. The second-order valence-corrected chi connectivity index (χ2v) is 8.48. The maximum atomic E-state index is 12.9. The van der Waals surface area contributed by atoms with Crippen LogP contribution in [-0.4, -0.2) is 22.2 Å². The topological polar surface area (TPSA) is 64.1 Å². The third-order valence-corrected chi connectivity index (χ3v) is 6.12. The van der Waals surface area contributed by atoms with Crippen molar-refractivity contribution < 1.29 is 13.9 Å². The summed E-state index contributed by atoms with van der Waals surface area (Å²) < 4.78 is 19.4. The van der Waals surface area contributed by atoms with Crippen molar-refractivity contribution in [1.29, 1.82) is 0 Å². The largest absolute Gasteiger partial charge is 0.481 e. The van der Waals surface area contributed by atoms with E-state index in [2.05, 4.69) is 15.5 Å². The van der Waals surface area contributed by atoms with E-state index in [9.17, 15) is 9.18 Å². The highest BCUT2D eigenvalue weighted by molar-refractivity contribution is 8.00. The molecule has 146 valence electrons. The summed E-state index contributed by atoms with van der Waals surface area (Å²) in [6, 6.07) is 12.0. The Hall–Kier alpha value is -2.45. The minimum atomic E-state index is -0.665. The summed E-state index contributed by atoms with van der Waals surface area (Å²) in [4.78, 5) is 12.3. The van der Waals surface area contributed by atoms with E-state index in [4.69, 9.17) is 4.74 Å². The van der Waals surface area contributed by atoms with E-state index >= 15 is 0 Å². The Morgan fingerprint density at radius 3 is 2.64 bits per heavy atom. The molecule has 1 aromatic heterocycles. The minimum absolute atomic E-state index is 0.258. The van der Waals surface area contributed by atoms with Gasteiger partial charge in [0.15, 0.2) is 10.4 Å². The Morgan fingerprint density at radius 1 is 1.18 bits per heavy atom. The van der Waals surface area contributed by atoms with E-state index in [1.54, 1.807) is 19.1 Å². The monoisotopic (exact) mass is 417 g/mol. The molecule has 0 saturated heterocycles. The van der Waals surface area contributed by atoms with Crippen LogP contribution in [0.2, 0.25) is 0 Å². The summed E-state index contributed by atoms with van der Waals surface area (Å²) in [5.41, 5.74) is 3.27. The molecule has 0 aliphatic heterocycles. The number of aromatic nitrogens is 2. The zero-order valence-electron chi connectivity index (χ0n) is 15.7. The molecule has 3 aromatic rings. The van der Waals surface area contributed by atoms with Gasteiger partial charge in [-0.1, -0.05) is 41.3 Å². The van der Waals surface area contributed by atoms with E-state index in [-0.39, 0.29) is 11.7 Å². The fraction of sp³-hybridized carbons (Fsp3) is 0.250. The number of benzene rings is 2. The van der Waals surface area contributed by atoms with Gasteiger partial charge in [-0.3, -0.25) is 10.1 Å².